The monoisotopic (exact) mass is 407 g/mol. The normalized spacial score (nSPS) is 11.7. The Morgan fingerprint density at radius 2 is 1.65 bits per heavy atom. The maximum absolute atomic E-state index is 6.33. The van der Waals surface area contributed by atoms with Crippen LogP contribution in [0.5, 0.6) is 0 Å². The Kier molecular flexibility index (Phi) is 4.62. The Bertz CT molecular complexity index is 1440. The number of furan rings is 1. The number of rotatable bonds is 3. The summed E-state index contributed by atoms with van der Waals surface area (Å²) in [6.07, 6.45) is 2.13. The predicted octanol–water partition coefficient (Wildman–Crippen LogP) is 6.88. The minimum Gasteiger partial charge on any atom is -0.437 e. The first-order valence-corrected chi connectivity index (χ1v) is 10.8. The van der Waals surface area contributed by atoms with Crippen LogP contribution >= 0.6 is 0 Å². The van der Waals surface area contributed by atoms with E-state index in [4.69, 9.17) is 4.42 Å². The van der Waals surface area contributed by atoms with Crippen LogP contribution in [-0.2, 0) is 7.05 Å². The van der Waals surface area contributed by atoms with Gasteiger partial charge in [0, 0.05) is 28.6 Å². The van der Waals surface area contributed by atoms with Gasteiger partial charge in [-0.25, -0.2) is 9.55 Å². The zero-order chi connectivity index (χ0) is 21.7. The third kappa shape index (κ3) is 3.31. The zero-order valence-corrected chi connectivity index (χ0v) is 18.7. The molecular formula is C28H27N2O+. The van der Waals surface area contributed by atoms with E-state index in [1.54, 1.807) is 0 Å². The van der Waals surface area contributed by atoms with Crippen molar-refractivity contribution in [2.75, 3.05) is 0 Å². The molecule has 5 aromatic rings. The van der Waals surface area contributed by atoms with Crippen LogP contribution in [0.3, 0.4) is 0 Å². The van der Waals surface area contributed by atoms with E-state index in [0.29, 0.717) is 11.6 Å². The fourth-order valence-electron chi connectivity index (χ4n) is 4.30. The highest BCUT2D eigenvalue weighted by atomic mass is 16.3. The van der Waals surface area contributed by atoms with Gasteiger partial charge in [-0.05, 0) is 54.2 Å². The molecule has 0 amide bonds. The van der Waals surface area contributed by atoms with Gasteiger partial charge in [0.1, 0.15) is 7.05 Å². The van der Waals surface area contributed by atoms with Crippen molar-refractivity contribution in [2.24, 2.45) is 7.05 Å². The lowest BCUT2D eigenvalue weighted by molar-refractivity contribution is -0.660. The number of aromatic nitrogens is 2. The molecule has 5 rings (SSSR count). The van der Waals surface area contributed by atoms with E-state index in [1.165, 1.54) is 22.3 Å². The quantitative estimate of drug-likeness (QED) is 0.305. The second-order valence-corrected chi connectivity index (χ2v) is 8.73. The van der Waals surface area contributed by atoms with Crippen LogP contribution in [0.15, 0.2) is 71.3 Å². The molecule has 2 aromatic carbocycles. The molecule has 0 unspecified atom stereocenters. The van der Waals surface area contributed by atoms with Crippen molar-refractivity contribution in [2.45, 2.75) is 33.6 Å². The summed E-state index contributed by atoms with van der Waals surface area (Å²) in [6, 6.07) is 21.8. The highest BCUT2D eigenvalue weighted by Crippen LogP contribution is 2.37. The van der Waals surface area contributed by atoms with Gasteiger partial charge in [0.05, 0.1) is 5.56 Å². The summed E-state index contributed by atoms with van der Waals surface area (Å²) >= 11 is 0. The molecule has 0 aliphatic heterocycles. The van der Waals surface area contributed by atoms with Crippen LogP contribution in [0.4, 0.5) is 0 Å². The molecule has 31 heavy (non-hydrogen) atoms. The predicted molar refractivity (Wildman–Crippen MR) is 127 cm³/mol. The summed E-state index contributed by atoms with van der Waals surface area (Å²) in [5, 5.41) is 2.17. The molecule has 0 spiro atoms. The average molecular weight is 408 g/mol. The lowest BCUT2D eigenvalue weighted by atomic mass is 9.95. The minimum atomic E-state index is 0.502. The first-order chi connectivity index (χ1) is 14.9. The van der Waals surface area contributed by atoms with Crippen LogP contribution in [0.1, 0.15) is 36.6 Å². The molecule has 0 atom stereocenters. The topological polar surface area (TPSA) is 29.9 Å². The SMILES string of the molecule is Cc1ccc2c(n1)oc1c(-c3cc(-c4cccc(C(C)C)c4)cc[n+]3C)c(C)ccc12. The molecule has 3 nitrogen and oxygen atoms in total. The summed E-state index contributed by atoms with van der Waals surface area (Å²) in [6.45, 7) is 8.61. The van der Waals surface area contributed by atoms with Gasteiger partial charge in [-0.2, -0.15) is 0 Å². The summed E-state index contributed by atoms with van der Waals surface area (Å²) in [5.41, 5.74) is 9.79. The van der Waals surface area contributed by atoms with E-state index < -0.39 is 0 Å². The lowest BCUT2D eigenvalue weighted by Gasteiger charge is -2.10. The van der Waals surface area contributed by atoms with Crippen molar-refractivity contribution in [3.63, 3.8) is 0 Å². The smallest absolute Gasteiger partial charge is 0.227 e. The average Bonchev–Trinajstić information content (AvgIpc) is 3.12. The Hall–Kier alpha value is -3.46. The molecule has 0 saturated heterocycles. The van der Waals surface area contributed by atoms with Crippen molar-refractivity contribution in [3.8, 4) is 22.4 Å². The maximum atomic E-state index is 6.33. The molecule has 0 N–H and O–H groups in total. The van der Waals surface area contributed by atoms with E-state index in [9.17, 15) is 0 Å². The molecule has 154 valence electrons. The third-order valence-corrected chi connectivity index (χ3v) is 6.15. The largest absolute Gasteiger partial charge is 0.437 e. The van der Waals surface area contributed by atoms with E-state index in [-0.39, 0.29) is 0 Å². The first kappa shape index (κ1) is 19.5. The molecule has 0 saturated carbocycles. The highest BCUT2D eigenvalue weighted by molar-refractivity contribution is 6.08. The first-order valence-electron chi connectivity index (χ1n) is 10.8. The Morgan fingerprint density at radius 3 is 2.45 bits per heavy atom. The van der Waals surface area contributed by atoms with Gasteiger partial charge in [0.25, 0.3) is 0 Å². The van der Waals surface area contributed by atoms with Crippen molar-refractivity contribution in [1.29, 1.82) is 0 Å². The molecule has 0 bridgehead atoms. The second-order valence-electron chi connectivity index (χ2n) is 8.73. The van der Waals surface area contributed by atoms with Gasteiger partial charge in [-0.15, -0.1) is 0 Å². The number of hydrogen-bond donors (Lipinski definition) is 0. The standard InChI is InChI=1S/C28H27N2O/c1-17(2)20-7-6-8-21(15-20)22-13-14-30(5)25(16-22)26-18(3)9-11-23-24-12-10-19(4)29-28(24)31-27(23)26/h6-17H,1-5H3/q+1. The van der Waals surface area contributed by atoms with Gasteiger partial charge in [-0.3, -0.25) is 0 Å². The summed E-state index contributed by atoms with van der Waals surface area (Å²) in [5.74, 6) is 0.502. The Balaban J connectivity index is 1.75. The molecule has 0 aliphatic carbocycles. The molecule has 3 aromatic heterocycles. The maximum Gasteiger partial charge on any atom is 0.227 e. The minimum absolute atomic E-state index is 0.502. The van der Waals surface area contributed by atoms with Gasteiger partial charge >= 0.3 is 0 Å². The van der Waals surface area contributed by atoms with E-state index in [1.807, 2.05) is 13.0 Å². The molecular weight excluding hydrogens is 380 g/mol. The van der Waals surface area contributed by atoms with Crippen LogP contribution in [0.25, 0.3) is 44.5 Å². The van der Waals surface area contributed by atoms with Crippen molar-refractivity contribution in [3.05, 3.63) is 83.7 Å². The van der Waals surface area contributed by atoms with E-state index in [2.05, 4.69) is 98.2 Å². The van der Waals surface area contributed by atoms with Gasteiger partial charge < -0.3 is 4.42 Å². The number of nitrogens with zero attached hydrogens (tertiary/aromatic N) is 2. The molecule has 0 aliphatic rings. The van der Waals surface area contributed by atoms with E-state index in [0.717, 1.165) is 33.3 Å². The number of aryl methyl sites for hydroxylation is 3. The number of hydrogen-bond acceptors (Lipinski definition) is 2. The lowest BCUT2D eigenvalue weighted by Crippen LogP contribution is -2.30. The Morgan fingerprint density at radius 1 is 0.871 bits per heavy atom. The van der Waals surface area contributed by atoms with Crippen LogP contribution in [0.2, 0.25) is 0 Å². The van der Waals surface area contributed by atoms with E-state index >= 15 is 0 Å². The molecule has 0 radical (unpaired) electrons. The molecule has 3 heterocycles. The Labute approximate surface area is 183 Å². The second kappa shape index (κ2) is 7.35. The number of pyridine rings is 2. The summed E-state index contributed by atoms with van der Waals surface area (Å²) in [7, 11) is 2.09. The number of fused-ring (bicyclic) bond motifs is 3. The zero-order valence-electron chi connectivity index (χ0n) is 18.7. The van der Waals surface area contributed by atoms with Crippen molar-refractivity contribution < 1.29 is 8.98 Å². The summed E-state index contributed by atoms with van der Waals surface area (Å²) in [4.78, 5) is 4.62. The van der Waals surface area contributed by atoms with Crippen LogP contribution in [0, 0.1) is 13.8 Å². The molecule has 0 fully saturated rings. The summed E-state index contributed by atoms with van der Waals surface area (Å²) < 4.78 is 8.50. The molecule has 3 heteroatoms. The van der Waals surface area contributed by atoms with Crippen molar-refractivity contribution >= 4 is 22.1 Å². The third-order valence-electron chi connectivity index (χ3n) is 6.15. The van der Waals surface area contributed by atoms with Gasteiger partial charge in [0.2, 0.25) is 11.4 Å². The van der Waals surface area contributed by atoms with Gasteiger partial charge in [-0.1, -0.05) is 50.2 Å². The highest BCUT2D eigenvalue weighted by Gasteiger charge is 2.22. The van der Waals surface area contributed by atoms with Gasteiger partial charge in [0.15, 0.2) is 11.8 Å². The fraction of sp³-hybridized carbons (Fsp3) is 0.214. The van der Waals surface area contributed by atoms with Crippen LogP contribution in [-0.4, -0.2) is 4.98 Å². The fourth-order valence-corrected chi connectivity index (χ4v) is 4.30. The number of benzene rings is 2. The van der Waals surface area contributed by atoms with Crippen molar-refractivity contribution in [1.82, 2.24) is 4.98 Å². The van der Waals surface area contributed by atoms with Crippen LogP contribution < -0.4 is 4.57 Å².